The smallest absolute Gasteiger partial charge is 0.119 e. The van der Waals surface area contributed by atoms with Crippen molar-refractivity contribution in [1.82, 2.24) is 0 Å². The van der Waals surface area contributed by atoms with E-state index in [1.54, 1.807) is 0 Å². The van der Waals surface area contributed by atoms with Crippen molar-refractivity contribution in [3.05, 3.63) is 30.3 Å². The van der Waals surface area contributed by atoms with Crippen LogP contribution in [0.4, 0.5) is 0 Å². The number of terminal acetylenes is 1. The number of aliphatic hydroxyl groups is 1. The summed E-state index contributed by atoms with van der Waals surface area (Å²) in [7, 11) is 0. The largest absolute Gasteiger partial charge is 0.493 e. The first-order valence-electron chi connectivity index (χ1n) is 4.15. The van der Waals surface area contributed by atoms with Gasteiger partial charge < -0.3 is 9.84 Å². The van der Waals surface area contributed by atoms with E-state index < -0.39 is 6.10 Å². The molecule has 0 aromatic heterocycles. The molecule has 0 bridgehead atoms. The van der Waals surface area contributed by atoms with Gasteiger partial charge in [0.2, 0.25) is 0 Å². The van der Waals surface area contributed by atoms with Crippen LogP contribution in [-0.2, 0) is 0 Å². The summed E-state index contributed by atoms with van der Waals surface area (Å²) >= 11 is 0. The Kier molecular flexibility index (Phi) is 3.87. The normalized spacial score (nSPS) is 11.7. The van der Waals surface area contributed by atoms with E-state index >= 15 is 0 Å². The molecule has 0 aliphatic heterocycles. The lowest BCUT2D eigenvalue weighted by molar-refractivity contribution is 0.186. The second-order valence-corrected chi connectivity index (χ2v) is 2.63. The molecule has 1 aromatic rings. The minimum absolute atomic E-state index is 0.440. The zero-order chi connectivity index (χ0) is 9.52. The minimum atomic E-state index is -0.705. The van der Waals surface area contributed by atoms with Crippen LogP contribution in [0.1, 0.15) is 6.42 Å². The van der Waals surface area contributed by atoms with Gasteiger partial charge in [-0.05, 0) is 12.1 Å². The molecule has 1 rings (SSSR count). The summed E-state index contributed by atoms with van der Waals surface area (Å²) in [5.41, 5.74) is 0. The summed E-state index contributed by atoms with van der Waals surface area (Å²) < 4.78 is 5.32. The van der Waals surface area contributed by atoms with Crippen molar-refractivity contribution in [2.75, 3.05) is 6.61 Å². The van der Waals surface area contributed by atoms with Crippen LogP contribution >= 0.6 is 0 Å². The van der Waals surface area contributed by atoms with Gasteiger partial charge >= 0.3 is 0 Å². The van der Waals surface area contributed by atoms with E-state index in [1.807, 2.05) is 30.3 Å². The van der Waals surface area contributed by atoms with E-state index in [-0.39, 0.29) is 0 Å². The average molecular weight is 176 g/mol. The van der Waals surface area contributed by atoms with Crippen LogP contribution in [0.15, 0.2) is 30.3 Å². The molecule has 2 nitrogen and oxygen atoms in total. The third-order valence-corrected chi connectivity index (χ3v) is 1.60. The summed E-state index contributed by atoms with van der Waals surface area (Å²) in [6.45, 7) is 0.440. The topological polar surface area (TPSA) is 29.5 Å². The Balaban J connectivity index is 2.25. The molecule has 0 spiro atoms. The van der Waals surface area contributed by atoms with Gasteiger partial charge in [0.1, 0.15) is 11.9 Å². The van der Waals surface area contributed by atoms with Crippen LogP contribution in [0.5, 0.6) is 5.75 Å². The van der Waals surface area contributed by atoms with Crippen LogP contribution in [0.25, 0.3) is 0 Å². The minimum Gasteiger partial charge on any atom is -0.493 e. The molecule has 1 unspecified atom stereocenters. The van der Waals surface area contributed by atoms with Crippen LogP contribution in [0.2, 0.25) is 0 Å². The number of rotatable bonds is 4. The molecule has 0 saturated carbocycles. The van der Waals surface area contributed by atoms with Crippen molar-refractivity contribution in [3.63, 3.8) is 0 Å². The highest BCUT2D eigenvalue weighted by Crippen LogP contribution is 2.08. The molecule has 0 fully saturated rings. The van der Waals surface area contributed by atoms with Crippen molar-refractivity contribution in [3.8, 4) is 18.1 Å². The van der Waals surface area contributed by atoms with Gasteiger partial charge in [0.05, 0.1) is 6.61 Å². The van der Waals surface area contributed by atoms with Crippen molar-refractivity contribution in [2.45, 2.75) is 12.5 Å². The summed E-state index contributed by atoms with van der Waals surface area (Å²) in [5, 5.41) is 9.02. The average Bonchev–Trinajstić information content (AvgIpc) is 2.19. The van der Waals surface area contributed by atoms with E-state index in [2.05, 4.69) is 5.92 Å². The predicted molar refractivity (Wildman–Crippen MR) is 51.4 cm³/mol. The van der Waals surface area contributed by atoms with Crippen molar-refractivity contribution < 1.29 is 9.84 Å². The molecule has 1 N–H and O–H groups in total. The maximum Gasteiger partial charge on any atom is 0.119 e. The Labute approximate surface area is 78.2 Å². The first-order valence-corrected chi connectivity index (χ1v) is 4.15. The third kappa shape index (κ3) is 3.64. The summed E-state index contributed by atoms with van der Waals surface area (Å²) in [5.74, 6) is 3.02. The maximum atomic E-state index is 9.02. The monoisotopic (exact) mass is 176 g/mol. The Morgan fingerprint density at radius 3 is 2.69 bits per heavy atom. The second-order valence-electron chi connectivity index (χ2n) is 2.63. The Morgan fingerprint density at radius 1 is 1.38 bits per heavy atom. The molecule has 1 atom stereocenters. The molecule has 0 saturated heterocycles. The van der Waals surface area contributed by atoms with E-state index in [0.29, 0.717) is 13.0 Å². The molecule has 0 heterocycles. The molecule has 1 aromatic carbocycles. The molecule has 0 amide bonds. The van der Waals surface area contributed by atoms with Gasteiger partial charge in [-0.1, -0.05) is 24.1 Å². The lowest BCUT2D eigenvalue weighted by atomic mass is 10.3. The molecule has 13 heavy (non-hydrogen) atoms. The number of hydrogen-bond donors (Lipinski definition) is 1. The zero-order valence-corrected chi connectivity index (χ0v) is 7.31. The summed E-state index contributed by atoms with van der Waals surface area (Å²) in [6, 6.07) is 9.44. The summed E-state index contributed by atoms with van der Waals surface area (Å²) in [4.78, 5) is 0. The van der Waals surface area contributed by atoms with Crippen molar-refractivity contribution in [2.24, 2.45) is 0 Å². The lowest BCUT2D eigenvalue weighted by Crippen LogP contribution is -2.09. The van der Waals surface area contributed by atoms with Gasteiger partial charge in [-0.25, -0.2) is 0 Å². The van der Waals surface area contributed by atoms with E-state index in [4.69, 9.17) is 16.3 Å². The highest BCUT2D eigenvalue weighted by molar-refractivity contribution is 5.20. The van der Waals surface area contributed by atoms with Gasteiger partial charge in [0.15, 0.2) is 0 Å². The molecule has 0 aliphatic carbocycles. The van der Waals surface area contributed by atoms with Crippen LogP contribution in [0.3, 0.4) is 0 Å². The Morgan fingerprint density at radius 2 is 2.08 bits per heavy atom. The first-order chi connectivity index (χ1) is 6.33. The molecular formula is C11H12O2. The van der Waals surface area contributed by atoms with Gasteiger partial charge in [-0.2, -0.15) is 0 Å². The predicted octanol–water partition coefficient (Wildman–Crippen LogP) is 1.45. The first kappa shape index (κ1) is 9.63. The molecule has 2 heteroatoms. The number of para-hydroxylation sites is 1. The molecule has 68 valence electrons. The van der Waals surface area contributed by atoms with Gasteiger partial charge in [0.25, 0.3) is 0 Å². The van der Waals surface area contributed by atoms with Gasteiger partial charge in [0, 0.05) is 6.42 Å². The summed E-state index contributed by atoms with van der Waals surface area (Å²) in [6.07, 6.45) is 4.75. The molecule has 0 radical (unpaired) electrons. The SMILES string of the molecule is C#CC(O)CCOc1ccccc1. The van der Waals surface area contributed by atoms with E-state index in [0.717, 1.165) is 5.75 Å². The van der Waals surface area contributed by atoms with Crippen molar-refractivity contribution >= 4 is 0 Å². The number of benzene rings is 1. The van der Waals surface area contributed by atoms with Crippen LogP contribution < -0.4 is 4.74 Å². The molecule has 0 aliphatic rings. The van der Waals surface area contributed by atoms with Crippen LogP contribution in [-0.4, -0.2) is 17.8 Å². The lowest BCUT2D eigenvalue weighted by Gasteiger charge is -2.06. The number of aliphatic hydroxyl groups excluding tert-OH is 1. The third-order valence-electron chi connectivity index (χ3n) is 1.60. The number of ether oxygens (including phenoxy) is 1. The van der Waals surface area contributed by atoms with Crippen LogP contribution in [0, 0.1) is 12.3 Å². The highest BCUT2D eigenvalue weighted by Gasteiger charge is 1.98. The van der Waals surface area contributed by atoms with Crippen molar-refractivity contribution in [1.29, 1.82) is 0 Å². The fraction of sp³-hybridized carbons (Fsp3) is 0.273. The Hall–Kier alpha value is -1.46. The van der Waals surface area contributed by atoms with Gasteiger partial charge in [-0.3, -0.25) is 0 Å². The fourth-order valence-corrected chi connectivity index (χ4v) is 0.888. The van der Waals surface area contributed by atoms with E-state index in [9.17, 15) is 0 Å². The van der Waals surface area contributed by atoms with Gasteiger partial charge in [-0.15, -0.1) is 6.42 Å². The maximum absolute atomic E-state index is 9.02. The molecular weight excluding hydrogens is 164 g/mol. The van der Waals surface area contributed by atoms with E-state index in [1.165, 1.54) is 0 Å². The second kappa shape index (κ2) is 5.23. The highest BCUT2D eigenvalue weighted by atomic mass is 16.5. The number of hydrogen-bond acceptors (Lipinski definition) is 2. The standard InChI is InChI=1S/C11H12O2/c1-2-10(12)8-9-13-11-6-4-3-5-7-11/h1,3-7,10,12H,8-9H2. The quantitative estimate of drug-likeness (QED) is 0.703. The zero-order valence-electron chi connectivity index (χ0n) is 7.31. The fourth-order valence-electron chi connectivity index (χ4n) is 0.888. The Bertz CT molecular complexity index is 274.